The number of nitrogens with one attached hydrogen (secondary N) is 1. The molecule has 0 bridgehead atoms. The highest BCUT2D eigenvalue weighted by atomic mass is 16.6. The molecule has 1 N–H and O–H groups in total. The molecule has 1 aromatic carbocycles. The van der Waals surface area contributed by atoms with Gasteiger partial charge in [0.15, 0.2) is 0 Å². The summed E-state index contributed by atoms with van der Waals surface area (Å²) in [6.07, 6.45) is 5.82. The van der Waals surface area contributed by atoms with E-state index in [-0.39, 0.29) is 41.0 Å². The molecule has 5 heteroatoms. The Morgan fingerprint density at radius 2 is 2.07 bits per heavy atom. The topological polar surface area (TPSA) is 60.1 Å². The van der Waals surface area contributed by atoms with Crippen LogP contribution in [0.15, 0.2) is 24.3 Å². The second-order valence-electron chi connectivity index (χ2n) is 9.85. The van der Waals surface area contributed by atoms with Crippen LogP contribution in [0, 0.1) is 23.2 Å². The van der Waals surface area contributed by atoms with E-state index in [4.69, 9.17) is 14.2 Å². The van der Waals surface area contributed by atoms with E-state index in [0.29, 0.717) is 12.5 Å². The van der Waals surface area contributed by atoms with Crippen molar-refractivity contribution in [3.63, 3.8) is 0 Å². The van der Waals surface area contributed by atoms with Crippen LogP contribution in [0.25, 0.3) is 0 Å². The van der Waals surface area contributed by atoms with Crippen LogP contribution < -0.4 is 10.1 Å². The molecule has 0 radical (unpaired) electrons. The van der Waals surface area contributed by atoms with Crippen molar-refractivity contribution in [2.24, 2.45) is 23.2 Å². The molecule has 5 nitrogen and oxygen atoms in total. The zero-order valence-electron chi connectivity index (χ0n) is 17.8. The molecule has 1 spiro atoms. The molecule has 2 heterocycles. The molecular weight excluding hydrogens is 366 g/mol. The second-order valence-corrected chi connectivity index (χ2v) is 9.85. The van der Waals surface area contributed by atoms with Gasteiger partial charge in [0, 0.05) is 17.9 Å². The first kappa shape index (κ1) is 19.4. The third kappa shape index (κ3) is 2.92. The highest BCUT2D eigenvalue weighted by Gasteiger charge is 2.78. The standard InChI is InChI=1S/C24H33NO4/c1-15-5-4-11-23(2)13-19-20(21-24(15,23)29-21)18(22(26)28-19)14-25-12-10-16-6-8-17(27-3)9-7-16/h6-9,15,18-21,25H,4-5,10-14H2,1-3H3/t15-,18?,19+,20+,21?,23+,24?/m0/s1. The lowest BCUT2D eigenvalue weighted by Crippen LogP contribution is -2.54. The van der Waals surface area contributed by atoms with Crippen molar-refractivity contribution < 1.29 is 19.0 Å². The first-order valence-electron chi connectivity index (χ1n) is 11.2. The van der Waals surface area contributed by atoms with Gasteiger partial charge in [0.1, 0.15) is 17.5 Å². The summed E-state index contributed by atoms with van der Waals surface area (Å²) in [4.78, 5) is 12.7. The Labute approximate surface area is 173 Å². The number of rotatable bonds is 6. The Balaban J connectivity index is 1.21. The summed E-state index contributed by atoms with van der Waals surface area (Å²) in [6.45, 7) is 6.24. The van der Waals surface area contributed by atoms with E-state index in [2.05, 4.69) is 31.3 Å². The molecule has 4 aliphatic rings. The average Bonchev–Trinajstić information content (AvgIpc) is 3.39. The Morgan fingerprint density at radius 3 is 2.83 bits per heavy atom. The number of ether oxygens (including phenoxy) is 3. The molecule has 3 unspecified atom stereocenters. The Morgan fingerprint density at radius 1 is 1.28 bits per heavy atom. The van der Waals surface area contributed by atoms with Gasteiger partial charge in [-0.05, 0) is 55.8 Å². The molecule has 4 fully saturated rings. The molecule has 5 rings (SSSR count). The minimum atomic E-state index is -0.0843. The van der Waals surface area contributed by atoms with Gasteiger partial charge in [0.05, 0.1) is 19.1 Å². The largest absolute Gasteiger partial charge is 0.497 e. The fourth-order valence-electron chi connectivity index (χ4n) is 6.75. The fourth-order valence-corrected chi connectivity index (χ4v) is 6.75. The van der Waals surface area contributed by atoms with Crippen LogP contribution in [0.5, 0.6) is 5.75 Å². The third-order valence-electron chi connectivity index (χ3n) is 8.31. The summed E-state index contributed by atoms with van der Waals surface area (Å²) in [7, 11) is 1.68. The number of hydrogen-bond donors (Lipinski definition) is 1. The lowest BCUT2D eigenvalue weighted by atomic mass is 9.53. The second kappa shape index (κ2) is 6.98. The summed E-state index contributed by atoms with van der Waals surface area (Å²) < 4.78 is 17.6. The summed E-state index contributed by atoms with van der Waals surface area (Å²) in [5.74, 6) is 1.55. The van der Waals surface area contributed by atoms with Crippen molar-refractivity contribution in [2.45, 2.75) is 63.8 Å². The van der Waals surface area contributed by atoms with E-state index < -0.39 is 0 Å². The maximum absolute atomic E-state index is 12.7. The first-order valence-corrected chi connectivity index (χ1v) is 11.2. The maximum atomic E-state index is 12.7. The molecule has 0 aromatic heterocycles. The Hall–Kier alpha value is -1.59. The minimum Gasteiger partial charge on any atom is -0.497 e. The number of benzene rings is 1. The SMILES string of the molecule is COc1ccc(CCNCC2C(=O)O[C@@H]3C[C@@]4(C)CCC[C@H](C)C45OC5[C@H]23)cc1. The van der Waals surface area contributed by atoms with Crippen molar-refractivity contribution in [1.29, 1.82) is 0 Å². The number of epoxide rings is 1. The average molecular weight is 400 g/mol. The number of carbonyl (C=O) groups is 1. The summed E-state index contributed by atoms with van der Waals surface area (Å²) in [5.41, 5.74) is 1.41. The summed E-state index contributed by atoms with van der Waals surface area (Å²) in [6, 6.07) is 8.16. The molecule has 1 aromatic rings. The molecule has 2 saturated carbocycles. The quantitative estimate of drug-likeness (QED) is 0.452. The number of hydrogen-bond acceptors (Lipinski definition) is 5. The van der Waals surface area contributed by atoms with Crippen LogP contribution in [0.4, 0.5) is 0 Å². The van der Waals surface area contributed by atoms with Gasteiger partial charge in [-0.2, -0.15) is 0 Å². The molecule has 2 aliphatic carbocycles. The molecular formula is C24H33NO4. The van der Waals surface area contributed by atoms with E-state index in [9.17, 15) is 4.79 Å². The Bertz CT molecular complexity index is 780. The fraction of sp³-hybridized carbons (Fsp3) is 0.708. The van der Waals surface area contributed by atoms with Crippen LogP contribution in [0.3, 0.4) is 0 Å². The highest BCUT2D eigenvalue weighted by Crippen LogP contribution is 2.70. The molecule has 2 aliphatic heterocycles. The van der Waals surface area contributed by atoms with Gasteiger partial charge in [-0.3, -0.25) is 4.79 Å². The van der Waals surface area contributed by atoms with Crippen LogP contribution in [0.1, 0.15) is 45.1 Å². The number of carbonyl (C=O) groups excluding carboxylic acids is 1. The van der Waals surface area contributed by atoms with Gasteiger partial charge in [0.2, 0.25) is 0 Å². The van der Waals surface area contributed by atoms with Gasteiger partial charge < -0.3 is 19.5 Å². The van der Waals surface area contributed by atoms with E-state index in [1.165, 1.54) is 24.8 Å². The van der Waals surface area contributed by atoms with Crippen LogP contribution in [0.2, 0.25) is 0 Å². The van der Waals surface area contributed by atoms with Gasteiger partial charge in [-0.25, -0.2) is 0 Å². The van der Waals surface area contributed by atoms with Crippen LogP contribution in [-0.2, 0) is 20.7 Å². The molecule has 0 amide bonds. The van der Waals surface area contributed by atoms with Crippen LogP contribution >= 0.6 is 0 Å². The minimum absolute atomic E-state index is 0.0122. The van der Waals surface area contributed by atoms with E-state index in [1.807, 2.05) is 12.1 Å². The molecule has 2 saturated heterocycles. The summed E-state index contributed by atoms with van der Waals surface area (Å²) >= 11 is 0. The monoisotopic (exact) mass is 399 g/mol. The van der Waals surface area contributed by atoms with Gasteiger partial charge >= 0.3 is 5.97 Å². The summed E-state index contributed by atoms with van der Waals surface area (Å²) in [5, 5.41) is 3.51. The Kier molecular flexibility index (Phi) is 4.67. The van der Waals surface area contributed by atoms with Crippen molar-refractivity contribution in [2.75, 3.05) is 20.2 Å². The highest BCUT2D eigenvalue weighted by molar-refractivity contribution is 5.76. The lowest BCUT2D eigenvalue weighted by Gasteiger charge is -2.48. The van der Waals surface area contributed by atoms with Crippen molar-refractivity contribution in [3.05, 3.63) is 29.8 Å². The first-order chi connectivity index (χ1) is 14.0. The van der Waals surface area contributed by atoms with Gasteiger partial charge in [-0.15, -0.1) is 0 Å². The van der Waals surface area contributed by atoms with E-state index >= 15 is 0 Å². The smallest absolute Gasteiger partial charge is 0.311 e. The van der Waals surface area contributed by atoms with Crippen molar-refractivity contribution in [3.8, 4) is 5.75 Å². The van der Waals surface area contributed by atoms with Crippen molar-refractivity contribution in [1.82, 2.24) is 5.32 Å². The predicted octanol–water partition coefficient (Wildman–Crippen LogP) is 3.35. The van der Waals surface area contributed by atoms with Crippen LogP contribution in [-0.4, -0.2) is 44.0 Å². The third-order valence-corrected chi connectivity index (χ3v) is 8.31. The van der Waals surface area contributed by atoms with Gasteiger partial charge in [0.25, 0.3) is 0 Å². The number of esters is 1. The number of fused-ring (bicyclic) bond motifs is 2. The van der Waals surface area contributed by atoms with Gasteiger partial charge in [-0.1, -0.05) is 32.4 Å². The van der Waals surface area contributed by atoms with E-state index in [1.54, 1.807) is 7.11 Å². The molecule has 29 heavy (non-hydrogen) atoms. The predicted molar refractivity (Wildman–Crippen MR) is 110 cm³/mol. The van der Waals surface area contributed by atoms with Crippen molar-refractivity contribution >= 4 is 5.97 Å². The van der Waals surface area contributed by atoms with E-state index in [0.717, 1.165) is 25.1 Å². The zero-order valence-corrected chi connectivity index (χ0v) is 17.8. The molecule has 7 atom stereocenters. The number of methoxy groups -OCH3 is 1. The zero-order chi connectivity index (χ0) is 20.2. The molecule has 158 valence electrons. The lowest BCUT2D eigenvalue weighted by molar-refractivity contribution is -0.146. The normalized spacial score (nSPS) is 42.4. The maximum Gasteiger partial charge on any atom is 0.311 e.